The minimum absolute atomic E-state index is 0.0667. The Balaban J connectivity index is 2.33. The fraction of sp³-hybridized carbons (Fsp3) is 1.00. The molecular formula is C7H16N2O2. The molecule has 4 nitrogen and oxygen atoms in total. The van der Waals surface area contributed by atoms with E-state index in [1.807, 2.05) is 0 Å². The maximum atomic E-state index is 8.59. The SMILES string of the molecule is NCC1(NCCO)CCOC1. The quantitative estimate of drug-likeness (QED) is 0.477. The molecule has 66 valence electrons. The highest BCUT2D eigenvalue weighted by Crippen LogP contribution is 2.16. The Morgan fingerprint density at radius 3 is 2.91 bits per heavy atom. The first-order valence-corrected chi connectivity index (χ1v) is 3.97. The summed E-state index contributed by atoms with van der Waals surface area (Å²) in [5.41, 5.74) is 5.52. The molecule has 4 heteroatoms. The van der Waals surface area contributed by atoms with E-state index in [1.54, 1.807) is 0 Å². The summed E-state index contributed by atoms with van der Waals surface area (Å²) in [6.45, 7) is 2.77. The van der Waals surface area contributed by atoms with Gasteiger partial charge in [0.1, 0.15) is 0 Å². The summed E-state index contributed by atoms with van der Waals surface area (Å²) in [4.78, 5) is 0. The molecule has 0 spiro atoms. The molecule has 4 N–H and O–H groups in total. The summed E-state index contributed by atoms with van der Waals surface area (Å²) in [6, 6.07) is 0. The molecule has 0 saturated carbocycles. The molecule has 1 fully saturated rings. The zero-order chi connectivity index (χ0) is 8.16. The monoisotopic (exact) mass is 160 g/mol. The topological polar surface area (TPSA) is 67.5 Å². The number of nitrogens with one attached hydrogen (secondary N) is 1. The van der Waals surface area contributed by atoms with Crippen LogP contribution in [0.15, 0.2) is 0 Å². The van der Waals surface area contributed by atoms with Gasteiger partial charge in [-0.1, -0.05) is 0 Å². The summed E-state index contributed by atoms with van der Waals surface area (Å²) < 4.78 is 5.22. The van der Waals surface area contributed by atoms with Gasteiger partial charge < -0.3 is 20.9 Å². The van der Waals surface area contributed by atoms with Gasteiger partial charge in [-0.2, -0.15) is 0 Å². The van der Waals surface area contributed by atoms with Gasteiger partial charge in [0, 0.05) is 19.7 Å². The number of aliphatic hydroxyl groups is 1. The smallest absolute Gasteiger partial charge is 0.0661 e. The molecule has 0 bridgehead atoms. The minimum atomic E-state index is -0.0667. The van der Waals surface area contributed by atoms with Crippen LogP contribution < -0.4 is 11.1 Å². The first-order valence-electron chi connectivity index (χ1n) is 3.97. The Labute approximate surface area is 66.7 Å². The molecule has 1 aliphatic rings. The summed E-state index contributed by atoms with van der Waals surface area (Å²) >= 11 is 0. The Bertz CT molecular complexity index is 113. The van der Waals surface area contributed by atoms with Crippen molar-refractivity contribution in [2.45, 2.75) is 12.0 Å². The number of rotatable bonds is 4. The molecule has 0 aromatic heterocycles. The maximum absolute atomic E-state index is 8.59. The molecule has 0 aliphatic carbocycles. The Kier molecular flexibility index (Phi) is 3.26. The van der Waals surface area contributed by atoms with Crippen LogP contribution >= 0.6 is 0 Å². The average Bonchev–Trinajstić information content (AvgIpc) is 2.50. The van der Waals surface area contributed by atoms with Crippen molar-refractivity contribution in [3.8, 4) is 0 Å². The zero-order valence-corrected chi connectivity index (χ0v) is 6.68. The van der Waals surface area contributed by atoms with Crippen molar-refractivity contribution in [2.24, 2.45) is 5.73 Å². The maximum Gasteiger partial charge on any atom is 0.0661 e. The second-order valence-corrected chi connectivity index (χ2v) is 2.94. The van der Waals surface area contributed by atoms with Crippen LogP contribution in [0.1, 0.15) is 6.42 Å². The lowest BCUT2D eigenvalue weighted by Gasteiger charge is -2.26. The van der Waals surface area contributed by atoms with Crippen LogP contribution in [0.5, 0.6) is 0 Å². The molecule has 1 atom stereocenters. The minimum Gasteiger partial charge on any atom is -0.395 e. The first-order chi connectivity index (χ1) is 5.33. The summed E-state index contributed by atoms with van der Waals surface area (Å²) in [6.07, 6.45) is 0.948. The molecule has 11 heavy (non-hydrogen) atoms. The number of hydrogen-bond acceptors (Lipinski definition) is 4. The van der Waals surface area contributed by atoms with Crippen LogP contribution in [0.4, 0.5) is 0 Å². The Hall–Kier alpha value is -0.160. The highest BCUT2D eigenvalue weighted by molar-refractivity contribution is 4.92. The standard InChI is InChI=1S/C7H16N2O2/c8-5-7(9-2-3-10)1-4-11-6-7/h9-10H,1-6,8H2. The third-order valence-corrected chi connectivity index (χ3v) is 2.11. The molecule has 1 saturated heterocycles. The fourth-order valence-corrected chi connectivity index (χ4v) is 1.30. The van der Waals surface area contributed by atoms with Crippen LogP contribution in [0.3, 0.4) is 0 Å². The van der Waals surface area contributed by atoms with Gasteiger partial charge in [-0.05, 0) is 6.42 Å². The van der Waals surface area contributed by atoms with Gasteiger partial charge in [-0.3, -0.25) is 0 Å². The number of β-amino-alcohol motifs (C(OH)–C–C–N with tert-alkyl or cyclic N) is 1. The molecule has 1 unspecified atom stereocenters. The second-order valence-electron chi connectivity index (χ2n) is 2.94. The summed E-state index contributed by atoms with van der Waals surface area (Å²) in [7, 11) is 0. The highest BCUT2D eigenvalue weighted by atomic mass is 16.5. The van der Waals surface area contributed by atoms with E-state index in [1.165, 1.54) is 0 Å². The first kappa shape index (κ1) is 8.93. The van der Waals surface area contributed by atoms with E-state index < -0.39 is 0 Å². The second kappa shape index (κ2) is 4.01. The zero-order valence-electron chi connectivity index (χ0n) is 6.68. The predicted molar refractivity (Wildman–Crippen MR) is 42.3 cm³/mol. The number of aliphatic hydroxyl groups excluding tert-OH is 1. The van der Waals surface area contributed by atoms with Crippen LogP contribution in [0.2, 0.25) is 0 Å². The Morgan fingerprint density at radius 2 is 2.45 bits per heavy atom. The molecule has 0 amide bonds. The van der Waals surface area contributed by atoms with E-state index in [0.29, 0.717) is 19.7 Å². The third-order valence-electron chi connectivity index (χ3n) is 2.11. The lowest BCUT2D eigenvalue weighted by Crippen LogP contribution is -2.52. The normalized spacial score (nSPS) is 31.1. The molecule has 0 radical (unpaired) electrons. The van der Waals surface area contributed by atoms with E-state index in [9.17, 15) is 0 Å². The van der Waals surface area contributed by atoms with Crippen molar-refractivity contribution in [3.63, 3.8) is 0 Å². The van der Waals surface area contributed by atoms with E-state index in [4.69, 9.17) is 15.6 Å². The van der Waals surface area contributed by atoms with Crippen LogP contribution in [0.25, 0.3) is 0 Å². The molecule has 1 heterocycles. The van der Waals surface area contributed by atoms with Crippen molar-refractivity contribution < 1.29 is 9.84 Å². The molecule has 0 aromatic rings. The highest BCUT2D eigenvalue weighted by Gasteiger charge is 2.32. The van der Waals surface area contributed by atoms with Crippen molar-refractivity contribution in [2.75, 3.05) is 32.9 Å². The number of hydrogen-bond donors (Lipinski definition) is 3. The van der Waals surface area contributed by atoms with E-state index >= 15 is 0 Å². The average molecular weight is 160 g/mol. The third kappa shape index (κ3) is 2.13. The van der Waals surface area contributed by atoms with E-state index in [-0.39, 0.29) is 12.1 Å². The van der Waals surface area contributed by atoms with Gasteiger partial charge in [0.15, 0.2) is 0 Å². The molecule has 1 aliphatic heterocycles. The fourth-order valence-electron chi connectivity index (χ4n) is 1.30. The van der Waals surface area contributed by atoms with Crippen molar-refractivity contribution in [1.29, 1.82) is 0 Å². The van der Waals surface area contributed by atoms with Crippen molar-refractivity contribution in [1.82, 2.24) is 5.32 Å². The van der Waals surface area contributed by atoms with Gasteiger partial charge >= 0.3 is 0 Å². The van der Waals surface area contributed by atoms with Crippen molar-refractivity contribution in [3.05, 3.63) is 0 Å². The van der Waals surface area contributed by atoms with Crippen LogP contribution in [-0.4, -0.2) is 43.6 Å². The predicted octanol–water partition coefficient (Wildman–Crippen LogP) is -1.31. The lowest BCUT2D eigenvalue weighted by molar-refractivity contribution is 0.164. The van der Waals surface area contributed by atoms with Gasteiger partial charge in [0.25, 0.3) is 0 Å². The molecule has 0 aromatic carbocycles. The van der Waals surface area contributed by atoms with Gasteiger partial charge in [0.2, 0.25) is 0 Å². The lowest BCUT2D eigenvalue weighted by atomic mass is 9.99. The number of nitrogens with two attached hydrogens (primary N) is 1. The number of ether oxygens (including phenoxy) is 1. The summed E-state index contributed by atoms with van der Waals surface area (Å²) in [5.74, 6) is 0. The molecule has 1 rings (SSSR count). The van der Waals surface area contributed by atoms with Gasteiger partial charge in [-0.15, -0.1) is 0 Å². The van der Waals surface area contributed by atoms with E-state index in [2.05, 4.69) is 5.32 Å². The van der Waals surface area contributed by atoms with Crippen molar-refractivity contribution >= 4 is 0 Å². The van der Waals surface area contributed by atoms with Crippen LogP contribution in [0, 0.1) is 0 Å². The van der Waals surface area contributed by atoms with E-state index in [0.717, 1.165) is 13.0 Å². The Morgan fingerprint density at radius 1 is 1.64 bits per heavy atom. The van der Waals surface area contributed by atoms with Gasteiger partial charge in [-0.25, -0.2) is 0 Å². The largest absolute Gasteiger partial charge is 0.395 e. The van der Waals surface area contributed by atoms with Crippen LogP contribution in [-0.2, 0) is 4.74 Å². The van der Waals surface area contributed by atoms with Gasteiger partial charge in [0.05, 0.1) is 18.8 Å². The summed E-state index contributed by atoms with van der Waals surface area (Å²) in [5, 5.41) is 11.8. The molecular weight excluding hydrogens is 144 g/mol.